The molecule has 12 heavy (non-hydrogen) atoms. The molecule has 1 saturated heterocycles. The molecule has 0 aromatic carbocycles. The second kappa shape index (κ2) is 3.35. The van der Waals surface area contributed by atoms with E-state index >= 15 is 0 Å². The molecule has 0 aromatic rings. The lowest BCUT2D eigenvalue weighted by Gasteiger charge is -2.29. The Hall–Kier alpha value is -0.0800. The van der Waals surface area contributed by atoms with Gasteiger partial charge >= 0.3 is 0 Å². The van der Waals surface area contributed by atoms with Crippen molar-refractivity contribution in [1.29, 1.82) is 0 Å². The van der Waals surface area contributed by atoms with Gasteiger partial charge in [0.2, 0.25) is 0 Å². The Morgan fingerprint density at radius 3 is 3.00 bits per heavy atom. The molecule has 0 spiro atoms. The molecule has 2 heteroatoms. The van der Waals surface area contributed by atoms with Crippen LogP contribution in [-0.2, 0) is 0 Å². The van der Waals surface area contributed by atoms with E-state index < -0.39 is 0 Å². The van der Waals surface area contributed by atoms with Crippen molar-refractivity contribution >= 4 is 0 Å². The van der Waals surface area contributed by atoms with Crippen molar-refractivity contribution in [3.63, 3.8) is 0 Å². The first-order valence-electron chi connectivity index (χ1n) is 5.28. The topological polar surface area (TPSA) is 29.3 Å². The minimum Gasteiger partial charge on any atom is -0.329 e. The number of rotatable bonds is 2. The number of hydrogen-bond acceptors (Lipinski definition) is 2. The van der Waals surface area contributed by atoms with Crippen LogP contribution in [0.2, 0.25) is 0 Å². The number of hydrogen-bond donors (Lipinski definition) is 1. The predicted octanol–water partition coefficient (Wildman–Crippen LogP) is 1.21. The Kier molecular flexibility index (Phi) is 2.37. The Morgan fingerprint density at radius 1 is 1.42 bits per heavy atom. The minimum atomic E-state index is 0.609. The second-order valence-corrected chi connectivity index (χ2v) is 4.37. The molecule has 1 heterocycles. The molecule has 1 aliphatic carbocycles. The first-order valence-corrected chi connectivity index (χ1v) is 5.28. The van der Waals surface area contributed by atoms with Gasteiger partial charge in [0, 0.05) is 18.6 Å². The molecule has 1 aliphatic heterocycles. The lowest BCUT2D eigenvalue weighted by molar-refractivity contribution is 0.186. The first-order chi connectivity index (χ1) is 5.83. The molecule has 3 atom stereocenters. The molecule has 2 nitrogen and oxygen atoms in total. The maximum atomic E-state index is 5.69. The maximum absolute atomic E-state index is 5.69. The summed E-state index contributed by atoms with van der Waals surface area (Å²) in [5.41, 5.74) is 5.69. The van der Waals surface area contributed by atoms with Gasteiger partial charge in [0.15, 0.2) is 0 Å². The molecule has 1 saturated carbocycles. The van der Waals surface area contributed by atoms with Gasteiger partial charge in [0.25, 0.3) is 0 Å². The van der Waals surface area contributed by atoms with Crippen LogP contribution >= 0.6 is 0 Å². The monoisotopic (exact) mass is 168 g/mol. The van der Waals surface area contributed by atoms with Crippen molar-refractivity contribution in [2.45, 2.75) is 44.7 Å². The van der Waals surface area contributed by atoms with Crippen LogP contribution in [0, 0.1) is 5.92 Å². The molecule has 0 bridgehead atoms. The van der Waals surface area contributed by atoms with Crippen LogP contribution in [0.25, 0.3) is 0 Å². The third kappa shape index (κ3) is 1.27. The average Bonchev–Trinajstić information content (AvgIpc) is 2.62. The Bertz CT molecular complexity index is 158. The molecule has 3 unspecified atom stereocenters. The highest BCUT2D eigenvalue weighted by Crippen LogP contribution is 2.38. The van der Waals surface area contributed by atoms with E-state index in [-0.39, 0.29) is 0 Å². The van der Waals surface area contributed by atoms with Crippen molar-refractivity contribution in [3.8, 4) is 0 Å². The van der Waals surface area contributed by atoms with Crippen molar-refractivity contribution in [2.75, 3.05) is 13.1 Å². The number of likely N-dealkylation sites (tertiary alicyclic amines) is 1. The van der Waals surface area contributed by atoms with Crippen LogP contribution < -0.4 is 5.73 Å². The third-order valence-corrected chi connectivity index (χ3v) is 3.71. The average molecular weight is 168 g/mol. The van der Waals surface area contributed by atoms with E-state index in [9.17, 15) is 0 Å². The van der Waals surface area contributed by atoms with Gasteiger partial charge in [-0.25, -0.2) is 0 Å². The number of fused-ring (bicyclic) bond motifs is 1. The summed E-state index contributed by atoms with van der Waals surface area (Å²) < 4.78 is 0. The maximum Gasteiger partial charge on any atom is 0.0193 e. The fraction of sp³-hybridized carbons (Fsp3) is 1.00. The molecule has 0 radical (unpaired) electrons. The quantitative estimate of drug-likeness (QED) is 0.671. The van der Waals surface area contributed by atoms with Gasteiger partial charge in [0.05, 0.1) is 0 Å². The Labute approximate surface area is 75.1 Å². The molecule has 2 rings (SSSR count). The molecule has 2 N–H and O–H groups in total. The van der Waals surface area contributed by atoms with Crippen LogP contribution in [-0.4, -0.2) is 30.1 Å². The Morgan fingerprint density at radius 2 is 2.25 bits per heavy atom. The van der Waals surface area contributed by atoms with Gasteiger partial charge in [-0.1, -0.05) is 6.42 Å². The lowest BCUT2D eigenvalue weighted by Crippen LogP contribution is -2.41. The molecular formula is C10H20N2. The SMILES string of the molecule is CC(CN)N1CCC2CCCC21. The summed E-state index contributed by atoms with van der Waals surface area (Å²) in [7, 11) is 0. The van der Waals surface area contributed by atoms with Crippen molar-refractivity contribution in [3.05, 3.63) is 0 Å². The van der Waals surface area contributed by atoms with Crippen LogP contribution in [0.5, 0.6) is 0 Å². The zero-order chi connectivity index (χ0) is 8.55. The fourth-order valence-corrected chi connectivity index (χ4v) is 2.95. The van der Waals surface area contributed by atoms with Crippen molar-refractivity contribution < 1.29 is 0 Å². The van der Waals surface area contributed by atoms with Gasteiger partial charge in [-0.15, -0.1) is 0 Å². The molecule has 70 valence electrons. The zero-order valence-electron chi connectivity index (χ0n) is 8.00. The normalized spacial score (nSPS) is 38.5. The summed E-state index contributed by atoms with van der Waals surface area (Å²) in [6.45, 7) is 4.39. The van der Waals surface area contributed by atoms with E-state index in [0.717, 1.165) is 18.5 Å². The summed E-state index contributed by atoms with van der Waals surface area (Å²) in [5.74, 6) is 1.01. The van der Waals surface area contributed by atoms with Gasteiger partial charge in [-0.2, -0.15) is 0 Å². The van der Waals surface area contributed by atoms with Crippen LogP contribution in [0.15, 0.2) is 0 Å². The summed E-state index contributed by atoms with van der Waals surface area (Å²) in [5, 5.41) is 0. The summed E-state index contributed by atoms with van der Waals surface area (Å²) in [4.78, 5) is 2.64. The number of nitrogens with two attached hydrogens (primary N) is 1. The van der Waals surface area contributed by atoms with Crippen LogP contribution in [0.3, 0.4) is 0 Å². The highest BCUT2D eigenvalue weighted by molar-refractivity contribution is 4.93. The van der Waals surface area contributed by atoms with E-state index in [0.29, 0.717) is 6.04 Å². The first kappa shape index (κ1) is 8.52. The van der Waals surface area contributed by atoms with Gasteiger partial charge < -0.3 is 5.73 Å². The van der Waals surface area contributed by atoms with Crippen LogP contribution in [0.4, 0.5) is 0 Å². The van der Waals surface area contributed by atoms with Gasteiger partial charge in [-0.05, 0) is 38.6 Å². The Balaban J connectivity index is 1.99. The largest absolute Gasteiger partial charge is 0.329 e. The summed E-state index contributed by atoms with van der Waals surface area (Å²) in [6.07, 6.45) is 5.77. The minimum absolute atomic E-state index is 0.609. The summed E-state index contributed by atoms with van der Waals surface area (Å²) in [6, 6.07) is 1.50. The molecule has 2 aliphatic rings. The van der Waals surface area contributed by atoms with Crippen molar-refractivity contribution in [1.82, 2.24) is 4.90 Å². The van der Waals surface area contributed by atoms with E-state index in [1.54, 1.807) is 0 Å². The van der Waals surface area contributed by atoms with E-state index in [4.69, 9.17) is 5.73 Å². The summed E-state index contributed by atoms with van der Waals surface area (Å²) >= 11 is 0. The van der Waals surface area contributed by atoms with Gasteiger partial charge in [-0.3, -0.25) is 4.90 Å². The highest BCUT2D eigenvalue weighted by Gasteiger charge is 2.38. The van der Waals surface area contributed by atoms with Crippen molar-refractivity contribution in [2.24, 2.45) is 11.7 Å². The standard InChI is InChI=1S/C10H20N2/c1-8(7-11)12-6-5-9-3-2-4-10(9)12/h8-10H,2-7,11H2,1H3. The number of nitrogens with zero attached hydrogens (tertiary/aromatic N) is 1. The molecular weight excluding hydrogens is 148 g/mol. The van der Waals surface area contributed by atoms with Gasteiger partial charge in [0.1, 0.15) is 0 Å². The second-order valence-electron chi connectivity index (χ2n) is 4.37. The lowest BCUT2D eigenvalue weighted by atomic mass is 10.0. The fourth-order valence-electron chi connectivity index (χ4n) is 2.95. The molecule has 0 amide bonds. The van der Waals surface area contributed by atoms with Crippen LogP contribution in [0.1, 0.15) is 32.6 Å². The van der Waals surface area contributed by atoms with E-state index in [1.165, 1.54) is 32.2 Å². The molecule has 2 fully saturated rings. The zero-order valence-corrected chi connectivity index (χ0v) is 8.00. The van der Waals surface area contributed by atoms with E-state index in [2.05, 4.69) is 11.8 Å². The third-order valence-electron chi connectivity index (χ3n) is 3.71. The predicted molar refractivity (Wildman–Crippen MR) is 51.0 cm³/mol. The van der Waals surface area contributed by atoms with E-state index in [1.807, 2.05) is 0 Å². The highest BCUT2D eigenvalue weighted by atomic mass is 15.2. The smallest absolute Gasteiger partial charge is 0.0193 e. The molecule has 0 aromatic heterocycles.